The summed E-state index contributed by atoms with van der Waals surface area (Å²) < 4.78 is 7.83. The smallest absolute Gasteiger partial charge is 0.153 e. The van der Waals surface area contributed by atoms with E-state index in [0.717, 1.165) is 11.2 Å². The lowest BCUT2D eigenvalue weighted by Crippen LogP contribution is -1.86. The van der Waals surface area contributed by atoms with E-state index in [9.17, 15) is 0 Å². The molecule has 2 heteroatoms. The van der Waals surface area contributed by atoms with Crippen molar-refractivity contribution in [1.82, 2.24) is 4.57 Å². The van der Waals surface area contributed by atoms with Crippen molar-refractivity contribution in [3.63, 3.8) is 0 Å². The first-order valence-electron chi connectivity index (χ1n) is 4.70. The number of fused-ring (bicyclic) bond motifs is 3. The maximum Gasteiger partial charge on any atom is 0.153 e. The Hall–Kier alpha value is -1.70. The van der Waals surface area contributed by atoms with Crippen LogP contribution < -0.4 is 0 Å². The lowest BCUT2D eigenvalue weighted by atomic mass is 10.2. The Kier molecular flexibility index (Phi) is 1.32. The number of benzene rings is 1. The third-order valence-electron chi connectivity index (χ3n) is 2.82. The molecule has 0 aliphatic heterocycles. The molecule has 0 spiro atoms. The van der Waals surface area contributed by atoms with Gasteiger partial charge in [-0.25, -0.2) is 0 Å². The van der Waals surface area contributed by atoms with Crippen LogP contribution in [-0.4, -0.2) is 4.57 Å². The fourth-order valence-electron chi connectivity index (χ4n) is 1.98. The molecule has 0 atom stereocenters. The van der Waals surface area contributed by atoms with Crippen LogP contribution in [0.15, 0.2) is 34.9 Å². The predicted molar refractivity (Wildman–Crippen MR) is 57.4 cm³/mol. The fraction of sp³-hybridized carbons (Fsp3) is 0.167. The summed E-state index contributed by atoms with van der Waals surface area (Å²) in [5, 5.41) is 2.45. The first-order chi connectivity index (χ1) is 6.77. The van der Waals surface area contributed by atoms with Gasteiger partial charge in [-0.3, -0.25) is 0 Å². The summed E-state index contributed by atoms with van der Waals surface area (Å²) in [6.45, 7) is 2.12. The fourth-order valence-corrected chi connectivity index (χ4v) is 1.98. The van der Waals surface area contributed by atoms with Crippen molar-refractivity contribution in [3.8, 4) is 0 Å². The molecule has 0 unspecified atom stereocenters. The van der Waals surface area contributed by atoms with E-state index in [-0.39, 0.29) is 0 Å². The van der Waals surface area contributed by atoms with Crippen LogP contribution >= 0.6 is 0 Å². The summed E-state index contributed by atoms with van der Waals surface area (Å²) >= 11 is 0. The van der Waals surface area contributed by atoms with E-state index in [2.05, 4.69) is 17.6 Å². The summed E-state index contributed by atoms with van der Waals surface area (Å²) in [4.78, 5) is 0. The third-order valence-corrected chi connectivity index (χ3v) is 2.82. The molecule has 0 saturated heterocycles. The zero-order valence-corrected chi connectivity index (χ0v) is 8.24. The molecule has 0 amide bonds. The molecule has 0 saturated carbocycles. The first-order valence-corrected chi connectivity index (χ1v) is 4.70. The van der Waals surface area contributed by atoms with Gasteiger partial charge in [-0.15, -0.1) is 0 Å². The Morgan fingerprint density at radius 1 is 1.14 bits per heavy atom. The second-order valence-electron chi connectivity index (χ2n) is 3.66. The predicted octanol–water partition coefficient (Wildman–Crippen LogP) is 3.23. The van der Waals surface area contributed by atoms with E-state index in [4.69, 9.17) is 4.42 Å². The Morgan fingerprint density at radius 2 is 1.93 bits per heavy atom. The van der Waals surface area contributed by atoms with Crippen molar-refractivity contribution in [2.45, 2.75) is 6.92 Å². The molecule has 0 radical (unpaired) electrons. The van der Waals surface area contributed by atoms with Crippen molar-refractivity contribution in [1.29, 1.82) is 0 Å². The van der Waals surface area contributed by atoms with Crippen molar-refractivity contribution in [2.24, 2.45) is 7.05 Å². The number of rotatable bonds is 0. The topological polar surface area (TPSA) is 18.1 Å². The number of para-hydroxylation sites is 1. The van der Waals surface area contributed by atoms with Gasteiger partial charge in [0.1, 0.15) is 5.58 Å². The third kappa shape index (κ3) is 0.803. The van der Waals surface area contributed by atoms with Crippen molar-refractivity contribution < 1.29 is 4.42 Å². The lowest BCUT2D eigenvalue weighted by Gasteiger charge is -1.94. The van der Waals surface area contributed by atoms with Gasteiger partial charge in [0.25, 0.3) is 0 Å². The number of furan rings is 1. The van der Waals surface area contributed by atoms with Crippen molar-refractivity contribution in [2.75, 3.05) is 0 Å². The highest BCUT2D eigenvalue weighted by atomic mass is 16.3. The number of aromatic nitrogens is 1. The van der Waals surface area contributed by atoms with E-state index in [0.29, 0.717) is 0 Å². The van der Waals surface area contributed by atoms with E-state index < -0.39 is 0 Å². The van der Waals surface area contributed by atoms with Gasteiger partial charge in [0.05, 0.1) is 0 Å². The summed E-state index contributed by atoms with van der Waals surface area (Å²) in [5.41, 5.74) is 3.21. The minimum atomic E-state index is 0.973. The second kappa shape index (κ2) is 2.41. The number of hydrogen-bond acceptors (Lipinski definition) is 1. The van der Waals surface area contributed by atoms with E-state index in [1.807, 2.05) is 31.4 Å². The van der Waals surface area contributed by atoms with Crippen LogP contribution in [0.1, 0.15) is 5.69 Å². The van der Waals surface area contributed by atoms with Gasteiger partial charge in [-0.2, -0.15) is 0 Å². The van der Waals surface area contributed by atoms with Crippen LogP contribution in [0.25, 0.3) is 21.9 Å². The molecular formula is C12H11NO. The Balaban J connectivity index is 2.62. The van der Waals surface area contributed by atoms with Gasteiger partial charge in [-0.1, -0.05) is 18.2 Å². The molecule has 1 aromatic carbocycles. The first kappa shape index (κ1) is 7.68. The number of aryl methyl sites for hydroxylation is 2. The zero-order chi connectivity index (χ0) is 9.71. The number of nitrogens with zero attached hydrogens (tertiary/aromatic N) is 1. The largest absolute Gasteiger partial charge is 0.454 e. The SMILES string of the molecule is Cc1c2c(cn1C)oc1ccccc12. The summed E-state index contributed by atoms with van der Waals surface area (Å²) in [6.07, 6.45) is 2.03. The Bertz CT molecular complexity index is 616. The average Bonchev–Trinajstić information content (AvgIpc) is 2.65. The molecule has 70 valence electrons. The van der Waals surface area contributed by atoms with Crippen molar-refractivity contribution in [3.05, 3.63) is 36.2 Å². The molecule has 3 rings (SSSR count). The van der Waals surface area contributed by atoms with Crippen LogP contribution in [0.3, 0.4) is 0 Å². The Morgan fingerprint density at radius 3 is 2.79 bits per heavy atom. The summed E-state index contributed by atoms with van der Waals surface area (Å²) in [6, 6.07) is 8.16. The molecule has 0 N–H and O–H groups in total. The van der Waals surface area contributed by atoms with E-state index in [1.54, 1.807) is 0 Å². The molecule has 0 aliphatic rings. The quantitative estimate of drug-likeness (QED) is 0.525. The summed E-state index contributed by atoms with van der Waals surface area (Å²) in [5.74, 6) is 0. The monoisotopic (exact) mass is 185 g/mol. The summed E-state index contributed by atoms with van der Waals surface area (Å²) in [7, 11) is 2.04. The van der Waals surface area contributed by atoms with Gasteiger partial charge in [0, 0.05) is 29.7 Å². The van der Waals surface area contributed by atoms with Gasteiger partial charge in [0.2, 0.25) is 0 Å². The molecule has 14 heavy (non-hydrogen) atoms. The van der Waals surface area contributed by atoms with Gasteiger partial charge in [-0.05, 0) is 13.0 Å². The van der Waals surface area contributed by atoms with E-state index >= 15 is 0 Å². The average molecular weight is 185 g/mol. The normalized spacial score (nSPS) is 11.6. The zero-order valence-electron chi connectivity index (χ0n) is 8.24. The molecule has 0 bridgehead atoms. The lowest BCUT2D eigenvalue weighted by molar-refractivity contribution is 0.665. The van der Waals surface area contributed by atoms with Crippen LogP contribution in [0.5, 0.6) is 0 Å². The molecule has 2 heterocycles. The molecule has 0 fully saturated rings. The highest BCUT2D eigenvalue weighted by molar-refractivity contribution is 6.06. The minimum Gasteiger partial charge on any atom is -0.454 e. The van der Waals surface area contributed by atoms with Crippen LogP contribution in [0.4, 0.5) is 0 Å². The molecule has 2 aromatic heterocycles. The second-order valence-corrected chi connectivity index (χ2v) is 3.66. The van der Waals surface area contributed by atoms with E-state index in [1.165, 1.54) is 16.5 Å². The highest BCUT2D eigenvalue weighted by Gasteiger charge is 2.11. The molecule has 3 aromatic rings. The van der Waals surface area contributed by atoms with Gasteiger partial charge < -0.3 is 8.98 Å². The van der Waals surface area contributed by atoms with Crippen LogP contribution in [0, 0.1) is 6.92 Å². The van der Waals surface area contributed by atoms with Crippen LogP contribution in [-0.2, 0) is 7.05 Å². The Labute approximate surface area is 81.7 Å². The standard InChI is InChI=1S/C12H11NO/c1-8-12-9-5-3-4-6-10(9)14-11(12)7-13(8)2/h3-7H,1-2H3. The highest BCUT2D eigenvalue weighted by Crippen LogP contribution is 2.31. The van der Waals surface area contributed by atoms with Crippen molar-refractivity contribution >= 4 is 21.9 Å². The maximum absolute atomic E-state index is 5.73. The molecule has 2 nitrogen and oxygen atoms in total. The molecular weight excluding hydrogens is 174 g/mol. The maximum atomic E-state index is 5.73. The van der Waals surface area contributed by atoms with Gasteiger partial charge in [0.15, 0.2) is 5.58 Å². The van der Waals surface area contributed by atoms with Crippen LogP contribution in [0.2, 0.25) is 0 Å². The molecule has 0 aliphatic carbocycles. The minimum absolute atomic E-state index is 0.973. The van der Waals surface area contributed by atoms with Gasteiger partial charge >= 0.3 is 0 Å². The number of hydrogen-bond donors (Lipinski definition) is 0.